The van der Waals surface area contributed by atoms with Crippen LogP contribution in [0, 0.1) is 5.92 Å². The Hall–Kier alpha value is -2.41. The van der Waals surface area contributed by atoms with Gasteiger partial charge in [0.2, 0.25) is 0 Å². The molecular formula is C19H21N3O3S. The standard InChI is InChI=1S/C19H21N3O3S/c1-10-6-7-12-14(9-10)26-18-15(12)17(23)20-16(21-18)11(2)25-19(24)13-5-4-8-22(13)3/h4-5,8,10-11H,6-7,9H2,1-3H3,(H,20,21,23)/t10-,11-/m0/s1. The molecule has 0 unspecified atom stereocenters. The summed E-state index contributed by atoms with van der Waals surface area (Å²) in [5, 5.41) is 0.710. The second-order valence-corrected chi connectivity index (χ2v) is 8.12. The largest absolute Gasteiger partial charge is 0.450 e. The number of hydrogen-bond donors (Lipinski definition) is 1. The molecule has 0 amide bonds. The van der Waals surface area contributed by atoms with Gasteiger partial charge >= 0.3 is 5.97 Å². The lowest BCUT2D eigenvalue weighted by molar-refractivity contribution is 0.0309. The van der Waals surface area contributed by atoms with E-state index in [4.69, 9.17) is 4.74 Å². The van der Waals surface area contributed by atoms with E-state index in [1.165, 1.54) is 4.88 Å². The third kappa shape index (κ3) is 2.86. The van der Waals surface area contributed by atoms with Gasteiger partial charge in [-0.05, 0) is 49.8 Å². The Morgan fingerprint density at radius 3 is 3.04 bits per heavy atom. The van der Waals surface area contributed by atoms with E-state index in [1.54, 1.807) is 48.2 Å². The maximum Gasteiger partial charge on any atom is 0.355 e. The number of ether oxygens (including phenoxy) is 1. The molecule has 3 aromatic heterocycles. The van der Waals surface area contributed by atoms with Crippen molar-refractivity contribution in [1.29, 1.82) is 0 Å². The first-order valence-corrected chi connectivity index (χ1v) is 9.62. The fourth-order valence-corrected chi connectivity index (χ4v) is 4.90. The summed E-state index contributed by atoms with van der Waals surface area (Å²) in [6.07, 6.45) is 4.18. The highest BCUT2D eigenvalue weighted by Gasteiger charge is 2.24. The normalized spacial score (nSPS) is 17.9. The van der Waals surface area contributed by atoms with Gasteiger partial charge in [-0.1, -0.05) is 6.92 Å². The summed E-state index contributed by atoms with van der Waals surface area (Å²) in [4.78, 5) is 34.4. The summed E-state index contributed by atoms with van der Waals surface area (Å²) in [5.41, 5.74) is 1.47. The van der Waals surface area contributed by atoms with Crippen molar-refractivity contribution in [3.05, 3.63) is 50.6 Å². The van der Waals surface area contributed by atoms with Crippen molar-refractivity contribution in [2.24, 2.45) is 13.0 Å². The number of carbonyl (C=O) groups is 1. The number of thiophene rings is 1. The number of hydrogen-bond acceptors (Lipinski definition) is 5. The number of aryl methyl sites for hydroxylation is 2. The molecule has 1 N–H and O–H groups in total. The van der Waals surface area contributed by atoms with Crippen molar-refractivity contribution in [2.45, 2.75) is 39.2 Å². The highest BCUT2D eigenvalue weighted by Crippen LogP contribution is 2.36. The average molecular weight is 371 g/mol. The molecule has 0 bridgehead atoms. The van der Waals surface area contributed by atoms with Gasteiger partial charge in [-0.25, -0.2) is 9.78 Å². The van der Waals surface area contributed by atoms with Gasteiger partial charge in [0, 0.05) is 18.1 Å². The van der Waals surface area contributed by atoms with E-state index in [0.717, 1.165) is 29.7 Å². The van der Waals surface area contributed by atoms with E-state index in [9.17, 15) is 9.59 Å². The van der Waals surface area contributed by atoms with Gasteiger partial charge in [-0.15, -0.1) is 11.3 Å². The molecule has 0 fully saturated rings. The number of aromatic amines is 1. The van der Waals surface area contributed by atoms with Crippen molar-refractivity contribution in [2.75, 3.05) is 0 Å². The van der Waals surface area contributed by atoms with Crippen LogP contribution in [0.15, 0.2) is 23.1 Å². The minimum absolute atomic E-state index is 0.140. The molecule has 0 aromatic carbocycles. The van der Waals surface area contributed by atoms with Crippen LogP contribution in [0.25, 0.3) is 10.2 Å². The van der Waals surface area contributed by atoms with E-state index in [2.05, 4.69) is 16.9 Å². The maximum atomic E-state index is 12.7. The highest BCUT2D eigenvalue weighted by atomic mass is 32.1. The summed E-state index contributed by atoms with van der Waals surface area (Å²) in [6.45, 7) is 3.96. The van der Waals surface area contributed by atoms with Gasteiger partial charge in [0.15, 0.2) is 11.9 Å². The highest BCUT2D eigenvalue weighted by molar-refractivity contribution is 7.18. The number of carbonyl (C=O) groups excluding carboxylic acids is 1. The minimum Gasteiger partial charge on any atom is -0.450 e. The van der Waals surface area contributed by atoms with Crippen LogP contribution in [-0.4, -0.2) is 20.5 Å². The van der Waals surface area contributed by atoms with Gasteiger partial charge < -0.3 is 14.3 Å². The Kier molecular flexibility index (Phi) is 4.19. The third-order valence-corrected chi connectivity index (χ3v) is 6.15. The molecule has 3 heterocycles. The lowest BCUT2D eigenvalue weighted by atomic mass is 9.89. The van der Waals surface area contributed by atoms with Gasteiger partial charge in [0.05, 0.1) is 5.39 Å². The van der Waals surface area contributed by atoms with E-state index >= 15 is 0 Å². The van der Waals surface area contributed by atoms with Crippen molar-refractivity contribution >= 4 is 27.5 Å². The molecule has 26 heavy (non-hydrogen) atoms. The molecule has 6 nitrogen and oxygen atoms in total. The van der Waals surface area contributed by atoms with Gasteiger partial charge in [0.1, 0.15) is 10.5 Å². The topological polar surface area (TPSA) is 77.0 Å². The number of nitrogens with one attached hydrogen (secondary N) is 1. The van der Waals surface area contributed by atoms with Gasteiger partial charge in [0.25, 0.3) is 5.56 Å². The smallest absolute Gasteiger partial charge is 0.355 e. The first-order chi connectivity index (χ1) is 12.4. The molecular weight excluding hydrogens is 350 g/mol. The van der Waals surface area contributed by atoms with Crippen molar-refractivity contribution in [3.8, 4) is 0 Å². The Morgan fingerprint density at radius 1 is 1.50 bits per heavy atom. The summed E-state index contributed by atoms with van der Waals surface area (Å²) < 4.78 is 7.19. The van der Waals surface area contributed by atoms with Crippen LogP contribution in [0.4, 0.5) is 0 Å². The average Bonchev–Trinajstić information content (AvgIpc) is 3.17. The Balaban J connectivity index is 1.66. The summed E-state index contributed by atoms with van der Waals surface area (Å²) in [7, 11) is 1.78. The molecule has 0 radical (unpaired) electrons. The minimum atomic E-state index is -0.632. The molecule has 0 aliphatic heterocycles. The van der Waals surface area contributed by atoms with E-state index in [-0.39, 0.29) is 5.56 Å². The van der Waals surface area contributed by atoms with Crippen molar-refractivity contribution in [3.63, 3.8) is 0 Å². The molecule has 0 saturated carbocycles. The number of rotatable bonds is 3. The van der Waals surface area contributed by atoms with Crippen LogP contribution < -0.4 is 5.56 Å². The molecule has 0 spiro atoms. The van der Waals surface area contributed by atoms with E-state index < -0.39 is 12.1 Å². The lowest BCUT2D eigenvalue weighted by Gasteiger charge is -2.17. The van der Waals surface area contributed by atoms with Crippen molar-refractivity contribution < 1.29 is 9.53 Å². The molecule has 2 atom stereocenters. The lowest BCUT2D eigenvalue weighted by Crippen LogP contribution is -2.19. The molecule has 0 saturated heterocycles. The predicted molar refractivity (Wildman–Crippen MR) is 101 cm³/mol. The zero-order valence-corrected chi connectivity index (χ0v) is 15.9. The van der Waals surface area contributed by atoms with Crippen molar-refractivity contribution in [1.82, 2.24) is 14.5 Å². The zero-order chi connectivity index (χ0) is 18.4. The van der Waals surface area contributed by atoms with Crippen LogP contribution in [0.5, 0.6) is 0 Å². The summed E-state index contributed by atoms with van der Waals surface area (Å²) in [5.74, 6) is 0.586. The van der Waals surface area contributed by atoms with E-state index in [1.807, 2.05) is 0 Å². The fourth-order valence-electron chi connectivity index (χ4n) is 3.51. The molecule has 7 heteroatoms. The third-order valence-electron chi connectivity index (χ3n) is 5.01. The first kappa shape index (κ1) is 17.0. The number of nitrogens with zero attached hydrogens (tertiary/aromatic N) is 2. The Bertz CT molecular complexity index is 1050. The molecule has 1 aliphatic rings. The monoisotopic (exact) mass is 371 g/mol. The van der Waals surface area contributed by atoms with Gasteiger partial charge in [-0.3, -0.25) is 4.79 Å². The first-order valence-electron chi connectivity index (χ1n) is 8.80. The molecule has 1 aliphatic carbocycles. The van der Waals surface area contributed by atoms with Crippen LogP contribution >= 0.6 is 11.3 Å². The Morgan fingerprint density at radius 2 is 2.31 bits per heavy atom. The maximum absolute atomic E-state index is 12.7. The second kappa shape index (κ2) is 6.39. The molecule has 3 aromatic rings. The van der Waals surface area contributed by atoms with E-state index in [0.29, 0.717) is 22.8 Å². The number of fused-ring (bicyclic) bond motifs is 3. The van der Waals surface area contributed by atoms with Crippen LogP contribution in [-0.2, 0) is 24.6 Å². The zero-order valence-electron chi connectivity index (χ0n) is 15.0. The Labute approximate surface area is 154 Å². The number of H-pyrrole nitrogens is 1. The van der Waals surface area contributed by atoms with Gasteiger partial charge in [-0.2, -0.15) is 0 Å². The summed E-state index contributed by atoms with van der Waals surface area (Å²) in [6, 6.07) is 3.48. The van der Waals surface area contributed by atoms with Crippen LogP contribution in [0.2, 0.25) is 0 Å². The molecule has 4 rings (SSSR count). The number of esters is 1. The van der Waals surface area contributed by atoms with Crippen LogP contribution in [0.3, 0.4) is 0 Å². The SMILES string of the molecule is C[C@H]1CCc2c(sc3nc([C@H](C)OC(=O)c4cccn4C)[nH]c(=O)c23)C1. The second-order valence-electron chi connectivity index (χ2n) is 7.03. The predicted octanol–water partition coefficient (Wildman–Crippen LogP) is 3.37. The quantitative estimate of drug-likeness (QED) is 0.716. The number of aromatic nitrogens is 3. The summed E-state index contributed by atoms with van der Waals surface area (Å²) >= 11 is 1.59. The fraction of sp³-hybridized carbons (Fsp3) is 0.421. The van der Waals surface area contributed by atoms with Crippen LogP contribution in [0.1, 0.15) is 53.1 Å². The molecule has 136 valence electrons.